The molecule has 0 bridgehead atoms. The molecule has 0 radical (unpaired) electrons. The van der Waals surface area contributed by atoms with Gasteiger partial charge in [-0.1, -0.05) is 29.3 Å². The Morgan fingerprint density at radius 1 is 1.31 bits per heavy atom. The SMILES string of the molecule is NC(=O)C(=O)NN=Cc1ccc(Cl)c(Cl)c1. The molecule has 84 valence electrons. The number of rotatable bonds is 2. The van der Waals surface area contributed by atoms with Gasteiger partial charge in [0.15, 0.2) is 0 Å². The summed E-state index contributed by atoms with van der Waals surface area (Å²) >= 11 is 11.5. The molecule has 0 atom stereocenters. The Morgan fingerprint density at radius 3 is 2.56 bits per heavy atom. The molecule has 1 aromatic rings. The maximum Gasteiger partial charge on any atom is 0.329 e. The third-order valence-electron chi connectivity index (χ3n) is 1.55. The number of amides is 2. The molecule has 3 N–H and O–H groups in total. The molecular formula is C9H7Cl2N3O2. The van der Waals surface area contributed by atoms with Gasteiger partial charge in [-0.2, -0.15) is 5.10 Å². The predicted octanol–water partition coefficient (Wildman–Crippen LogP) is 0.929. The van der Waals surface area contributed by atoms with E-state index in [1.807, 2.05) is 5.43 Å². The maximum absolute atomic E-state index is 10.7. The second kappa shape index (κ2) is 5.48. The zero-order chi connectivity index (χ0) is 12.1. The number of benzene rings is 1. The monoisotopic (exact) mass is 259 g/mol. The summed E-state index contributed by atoms with van der Waals surface area (Å²) < 4.78 is 0. The normalized spacial score (nSPS) is 10.4. The van der Waals surface area contributed by atoms with Crippen molar-refractivity contribution in [2.75, 3.05) is 0 Å². The fourth-order valence-electron chi connectivity index (χ4n) is 0.813. The lowest BCUT2D eigenvalue weighted by Gasteiger charge is -1.97. The van der Waals surface area contributed by atoms with Gasteiger partial charge < -0.3 is 5.73 Å². The van der Waals surface area contributed by atoms with Crippen molar-refractivity contribution in [2.24, 2.45) is 10.8 Å². The highest BCUT2D eigenvalue weighted by atomic mass is 35.5. The first-order chi connectivity index (χ1) is 7.50. The molecule has 5 nitrogen and oxygen atoms in total. The Morgan fingerprint density at radius 2 is 2.00 bits per heavy atom. The number of nitrogens with zero attached hydrogens (tertiary/aromatic N) is 1. The molecule has 16 heavy (non-hydrogen) atoms. The Kier molecular flexibility index (Phi) is 4.28. The van der Waals surface area contributed by atoms with E-state index < -0.39 is 11.8 Å². The first-order valence-electron chi connectivity index (χ1n) is 4.08. The second-order valence-corrected chi connectivity index (χ2v) is 3.55. The van der Waals surface area contributed by atoms with Crippen molar-refractivity contribution in [3.05, 3.63) is 33.8 Å². The van der Waals surface area contributed by atoms with Gasteiger partial charge in [0.25, 0.3) is 0 Å². The first-order valence-corrected chi connectivity index (χ1v) is 4.84. The highest BCUT2D eigenvalue weighted by molar-refractivity contribution is 6.42. The zero-order valence-electron chi connectivity index (χ0n) is 7.91. The van der Waals surface area contributed by atoms with Crippen LogP contribution in [-0.4, -0.2) is 18.0 Å². The topological polar surface area (TPSA) is 84.5 Å². The number of nitrogens with two attached hydrogens (primary N) is 1. The van der Waals surface area contributed by atoms with Gasteiger partial charge in [0.05, 0.1) is 16.3 Å². The van der Waals surface area contributed by atoms with E-state index in [1.54, 1.807) is 18.2 Å². The summed E-state index contributed by atoms with van der Waals surface area (Å²) in [5, 5.41) is 4.29. The molecule has 0 fully saturated rings. The molecule has 0 saturated heterocycles. The number of hydrogen-bond donors (Lipinski definition) is 2. The number of primary amides is 1. The minimum absolute atomic E-state index is 0.367. The van der Waals surface area contributed by atoms with E-state index in [0.717, 1.165) is 0 Å². The van der Waals surface area contributed by atoms with E-state index >= 15 is 0 Å². The Hall–Kier alpha value is -1.59. The van der Waals surface area contributed by atoms with Crippen LogP contribution in [0.5, 0.6) is 0 Å². The number of carbonyl (C=O) groups excluding carboxylic acids is 2. The average Bonchev–Trinajstić information content (AvgIpc) is 2.23. The Bertz CT molecular complexity index is 460. The highest BCUT2D eigenvalue weighted by Gasteiger charge is 2.05. The fraction of sp³-hybridized carbons (Fsp3) is 0. The van der Waals surface area contributed by atoms with Crippen molar-refractivity contribution in [2.45, 2.75) is 0 Å². The van der Waals surface area contributed by atoms with Gasteiger partial charge in [0.1, 0.15) is 0 Å². The third kappa shape index (κ3) is 3.52. The van der Waals surface area contributed by atoms with Crippen molar-refractivity contribution in [1.82, 2.24) is 5.43 Å². The third-order valence-corrected chi connectivity index (χ3v) is 2.29. The summed E-state index contributed by atoms with van der Waals surface area (Å²) in [4.78, 5) is 21.0. The van der Waals surface area contributed by atoms with Crippen LogP contribution in [0.4, 0.5) is 0 Å². The number of hydrogen-bond acceptors (Lipinski definition) is 3. The minimum atomic E-state index is -1.11. The van der Waals surface area contributed by atoms with Crippen LogP contribution in [-0.2, 0) is 9.59 Å². The molecule has 0 saturated carbocycles. The Balaban J connectivity index is 2.66. The van der Waals surface area contributed by atoms with Crippen molar-refractivity contribution in [1.29, 1.82) is 0 Å². The minimum Gasteiger partial charge on any atom is -0.361 e. The van der Waals surface area contributed by atoms with Gasteiger partial charge in [-0.05, 0) is 17.7 Å². The van der Waals surface area contributed by atoms with Crippen molar-refractivity contribution >= 4 is 41.2 Å². The van der Waals surface area contributed by atoms with Crippen LogP contribution in [0.15, 0.2) is 23.3 Å². The summed E-state index contributed by atoms with van der Waals surface area (Å²) in [7, 11) is 0. The largest absolute Gasteiger partial charge is 0.361 e. The number of hydrazone groups is 1. The van der Waals surface area contributed by atoms with E-state index in [2.05, 4.69) is 5.10 Å². The lowest BCUT2D eigenvalue weighted by molar-refractivity contribution is -0.137. The summed E-state index contributed by atoms with van der Waals surface area (Å²) in [6.07, 6.45) is 1.31. The van der Waals surface area contributed by atoms with Crippen LogP contribution in [0.2, 0.25) is 10.0 Å². The van der Waals surface area contributed by atoms with E-state index in [9.17, 15) is 9.59 Å². The predicted molar refractivity (Wildman–Crippen MR) is 61.4 cm³/mol. The molecule has 0 aliphatic rings. The number of carbonyl (C=O) groups is 2. The number of halogens is 2. The van der Waals surface area contributed by atoms with E-state index in [4.69, 9.17) is 28.9 Å². The summed E-state index contributed by atoms with van der Waals surface area (Å²) in [6.45, 7) is 0. The molecule has 0 aliphatic carbocycles. The molecule has 0 spiro atoms. The molecule has 1 rings (SSSR count). The first kappa shape index (κ1) is 12.5. The van der Waals surface area contributed by atoms with Crippen molar-refractivity contribution in [3.63, 3.8) is 0 Å². The fourth-order valence-corrected chi connectivity index (χ4v) is 1.12. The lowest BCUT2D eigenvalue weighted by atomic mass is 10.2. The number of nitrogens with one attached hydrogen (secondary N) is 1. The van der Waals surface area contributed by atoms with E-state index in [1.165, 1.54) is 6.21 Å². The summed E-state index contributed by atoms with van der Waals surface area (Å²) in [5.41, 5.74) is 7.26. The van der Waals surface area contributed by atoms with Crippen LogP contribution in [0.3, 0.4) is 0 Å². The standard InChI is InChI=1S/C9H7Cl2N3O2/c10-6-2-1-5(3-7(6)11)4-13-14-9(16)8(12)15/h1-4H,(H2,12,15)(H,14,16). The molecule has 1 aromatic carbocycles. The Labute approximate surface area is 101 Å². The van der Waals surface area contributed by atoms with Crippen molar-refractivity contribution < 1.29 is 9.59 Å². The van der Waals surface area contributed by atoms with Crippen LogP contribution in [0, 0.1) is 0 Å². The molecule has 2 amide bonds. The van der Waals surface area contributed by atoms with E-state index in [0.29, 0.717) is 15.6 Å². The summed E-state index contributed by atoms with van der Waals surface area (Å²) in [6, 6.07) is 4.79. The summed E-state index contributed by atoms with van der Waals surface area (Å²) in [5.74, 6) is -2.09. The molecule has 0 heterocycles. The van der Waals surface area contributed by atoms with Gasteiger partial charge in [-0.15, -0.1) is 0 Å². The van der Waals surface area contributed by atoms with Gasteiger partial charge >= 0.3 is 11.8 Å². The van der Waals surface area contributed by atoms with E-state index in [-0.39, 0.29) is 0 Å². The average molecular weight is 260 g/mol. The smallest absolute Gasteiger partial charge is 0.329 e. The molecular weight excluding hydrogens is 253 g/mol. The zero-order valence-corrected chi connectivity index (χ0v) is 9.42. The molecule has 7 heteroatoms. The van der Waals surface area contributed by atoms with Crippen LogP contribution in [0.1, 0.15) is 5.56 Å². The van der Waals surface area contributed by atoms with Gasteiger partial charge in [-0.25, -0.2) is 5.43 Å². The second-order valence-electron chi connectivity index (χ2n) is 2.74. The molecule has 0 unspecified atom stereocenters. The molecule has 0 aliphatic heterocycles. The van der Waals surface area contributed by atoms with Crippen molar-refractivity contribution in [3.8, 4) is 0 Å². The van der Waals surface area contributed by atoms with Gasteiger partial charge in [0.2, 0.25) is 0 Å². The van der Waals surface area contributed by atoms with Gasteiger partial charge in [0, 0.05) is 0 Å². The lowest BCUT2D eigenvalue weighted by Crippen LogP contribution is -2.32. The quantitative estimate of drug-likeness (QED) is 0.471. The van der Waals surface area contributed by atoms with Crippen LogP contribution in [0.25, 0.3) is 0 Å². The highest BCUT2D eigenvalue weighted by Crippen LogP contribution is 2.21. The molecule has 0 aromatic heterocycles. The van der Waals surface area contributed by atoms with Crippen LogP contribution < -0.4 is 11.2 Å². The maximum atomic E-state index is 10.7. The van der Waals surface area contributed by atoms with Crippen LogP contribution >= 0.6 is 23.2 Å². The van der Waals surface area contributed by atoms with Gasteiger partial charge in [-0.3, -0.25) is 9.59 Å².